The highest BCUT2D eigenvalue weighted by Gasteiger charge is 2.36. The van der Waals surface area contributed by atoms with Crippen LogP contribution in [0.4, 0.5) is 0 Å². The molecule has 3 aromatic rings. The molecule has 1 atom stereocenters. The summed E-state index contributed by atoms with van der Waals surface area (Å²) < 4.78 is 23.6. The van der Waals surface area contributed by atoms with Crippen LogP contribution >= 0.6 is 0 Å². The Hall–Kier alpha value is -4.12. The zero-order chi connectivity index (χ0) is 22.1. The van der Waals surface area contributed by atoms with Crippen molar-refractivity contribution < 1.29 is 18.6 Å². The second kappa shape index (κ2) is 7.95. The second-order valence-electron chi connectivity index (χ2n) is 7.07. The van der Waals surface area contributed by atoms with E-state index in [1.165, 1.54) is 7.11 Å². The van der Waals surface area contributed by atoms with Gasteiger partial charge in [0.25, 0.3) is 5.56 Å². The number of aryl methyl sites for hydroxylation is 1. The van der Waals surface area contributed by atoms with Crippen LogP contribution in [0.15, 0.2) is 63.3 Å². The van der Waals surface area contributed by atoms with Crippen LogP contribution in [0.1, 0.15) is 28.5 Å². The van der Waals surface area contributed by atoms with E-state index in [0.29, 0.717) is 39.8 Å². The van der Waals surface area contributed by atoms with Crippen LogP contribution in [-0.4, -0.2) is 18.8 Å². The summed E-state index contributed by atoms with van der Waals surface area (Å²) in [7, 11) is 3.06. The first-order valence-electron chi connectivity index (χ1n) is 9.54. The third kappa shape index (κ3) is 3.40. The zero-order valence-electron chi connectivity index (χ0n) is 17.3. The maximum Gasteiger partial charge on any atom is 0.259 e. The SMILES string of the molecule is COc1ccc(OC)c(C2C(C#N)=C(N)Oc3cc(C)n(Cc4ccco4)c(=O)c32)c1. The molecule has 4 rings (SSSR count). The number of ether oxygens (including phenoxy) is 3. The molecule has 0 radical (unpaired) electrons. The molecule has 31 heavy (non-hydrogen) atoms. The minimum Gasteiger partial charge on any atom is -0.497 e. The highest BCUT2D eigenvalue weighted by molar-refractivity contribution is 5.59. The highest BCUT2D eigenvalue weighted by atomic mass is 16.5. The lowest BCUT2D eigenvalue weighted by Gasteiger charge is -2.28. The van der Waals surface area contributed by atoms with Crippen molar-refractivity contribution in [2.24, 2.45) is 5.73 Å². The van der Waals surface area contributed by atoms with E-state index >= 15 is 0 Å². The van der Waals surface area contributed by atoms with Gasteiger partial charge >= 0.3 is 0 Å². The summed E-state index contributed by atoms with van der Waals surface area (Å²) in [6.45, 7) is 2.04. The fourth-order valence-electron chi connectivity index (χ4n) is 3.82. The van der Waals surface area contributed by atoms with E-state index in [-0.39, 0.29) is 23.6 Å². The minimum atomic E-state index is -0.783. The number of fused-ring (bicyclic) bond motifs is 1. The Labute approximate surface area is 178 Å². The van der Waals surface area contributed by atoms with Crippen molar-refractivity contribution in [3.05, 3.63) is 87.1 Å². The smallest absolute Gasteiger partial charge is 0.259 e. The van der Waals surface area contributed by atoms with Crippen LogP contribution in [0.2, 0.25) is 0 Å². The number of furan rings is 1. The van der Waals surface area contributed by atoms with Crippen LogP contribution < -0.4 is 25.5 Å². The van der Waals surface area contributed by atoms with Gasteiger partial charge in [0.1, 0.15) is 34.7 Å². The average molecular weight is 419 g/mol. The number of hydrogen-bond donors (Lipinski definition) is 1. The monoisotopic (exact) mass is 419 g/mol. The predicted molar refractivity (Wildman–Crippen MR) is 112 cm³/mol. The van der Waals surface area contributed by atoms with Crippen molar-refractivity contribution in [2.75, 3.05) is 14.2 Å². The molecule has 1 aliphatic heterocycles. The van der Waals surface area contributed by atoms with Gasteiger partial charge in [-0.15, -0.1) is 0 Å². The lowest BCUT2D eigenvalue weighted by Crippen LogP contribution is -2.33. The normalized spacial score (nSPS) is 15.1. The van der Waals surface area contributed by atoms with Crippen molar-refractivity contribution in [1.82, 2.24) is 4.57 Å². The van der Waals surface area contributed by atoms with Crippen molar-refractivity contribution in [3.63, 3.8) is 0 Å². The molecule has 8 heteroatoms. The third-order valence-corrected chi connectivity index (χ3v) is 5.33. The van der Waals surface area contributed by atoms with Gasteiger partial charge in [0.05, 0.1) is 38.5 Å². The topological polar surface area (TPSA) is 113 Å². The van der Waals surface area contributed by atoms with E-state index in [4.69, 9.17) is 24.4 Å². The van der Waals surface area contributed by atoms with Crippen LogP contribution in [-0.2, 0) is 6.54 Å². The third-order valence-electron chi connectivity index (χ3n) is 5.33. The van der Waals surface area contributed by atoms with Crippen molar-refractivity contribution in [1.29, 1.82) is 5.26 Å². The Morgan fingerprint density at radius 2 is 2.03 bits per heavy atom. The van der Waals surface area contributed by atoms with E-state index in [9.17, 15) is 10.1 Å². The number of nitriles is 1. The molecule has 2 N–H and O–H groups in total. The van der Waals surface area contributed by atoms with E-state index in [1.807, 2.05) is 0 Å². The Balaban J connectivity index is 1.99. The molecule has 3 heterocycles. The van der Waals surface area contributed by atoms with Crippen LogP contribution in [0, 0.1) is 18.3 Å². The van der Waals surface area contributed by atoms with Crippen molar-refractivity contribution >= 4 is 0 Å². The summed E-state index contributed by atoms with van der Waals surface area (Å²) in [5.41, 5.74) is 7.46. The fraction of sp³-hybridized carbons (Fsp3) is 0.217. The summed E-state index contributed by atoms with van der Waals surface area (Å²) in [6.07, 6.45) is 1.55. The molecule has 0 amide bonds. The van der Waals surface area contributed by atoms with Gasteiger partial charge in [-0.25, -0.2) is 0 Å². The molecule has 0 fully saturated rings. The number of aromatic nitrogens is 1. The first kappa shape index (κ1) is 20.2. The molecule has 0 bridgehead atoms. The Bertz CT molecular complexity index is 1270. The van der Waals surface area contributed by atoms with Gasteiger partial charge in [-0.2, -0.15) is 5.26 Å². The Morgan fingerprint density at radius 3 is 2.68 bits per heavy atom. The number of nitrogens with two attached hydrogens (primary N) is 1. The van der Waals surface area contributed by atoms with Gasteiger partial charge < -0.3 is 28.9 Å². The molecule has 0 spiro atoms. The van der Waals surface area contributed by atoms with Gasteiger partial charge in [0.2, 0.25) is 5.88 Å². The summed E-state index contributed by atoms with van der Waals surface area (Å²) >= 11 is 0. The number of hydrogen-bond acceptors (Lipinski definition) is 7. The van der Waals surface area contributed by atoms with E-state index in [1.54, 1.807) is 61.3 Å². The number of methoxy groups -OCH3 is 2. The molecule has 0 saturated carbocycles. The zero-order valence-corrected chi connectivity index (χ0v) is 17.3. The molecule has 158 valence electrons. The van der Waals surface area contributed by atoms with Crippen LogP contribution in [0.5, 0.6) is 17.2 Å². The maximum absolute atomic E-state index is 13.7. The number of benzene rings is 1. The van der Waals surface area contributed by atoms with Crippen molar-refractivity contribution in [2.45, 2.75) is 19.4 Å². The highest BCUT2D eigenvalue weighted by Crippen LogP contribution is 2.44. The number of allylic oxidation sites excluding steroid dienone is 1. The van der Waals surface area contributed by atoms with Crippen LogP contribution in [0.25, 0.3) is 0 Å². The quantitative estimate of drug-likeness (QED) is 0.676. The molecular weight excluding hydrogens is 398 g/mol. The van der Waals surface area contributed by atoms with E-state index in [2.05, 4.69) is 6.07 Å². The predicted octanol–water partition coefficient (Wildman–Crippen LogP) is 3.03. The second-order valence-corrected chi connectivity index (χ2v) is 7.07. The molecule has 0 aliphatic carbocycles. The summed E-state index contributed by atoms with van der Waals surface area (Å²) in [5, 5.41) is 9.87. The van der Waals surface area contributed by atoms with Gasteiger partial charge in [-0.05, 0) is 37.3 Å². The molecular formula is C23H21N3O5. The molecule has 2 aromatic heterocycles. The molecule has 1 aliphatic rings. The standard InChI is InChI=1S/C23H21N3O5/c1-13-9-19-21(23(27)26(13)12-15-5-4-8-30-15)20(17(11-24)22(25)31-19)16-10-14(28-2)6-7-18(16)29-3/h4-10,20H,12,25H2,1-3H3. The number of pyridine rings is 1. The Morgan fingerprint density at radius 1 is 1.23 bits per heavy atom. The lowest BCUT2D eigenvalue weighted by atomic mass is 9.83. The number of rotatable bonds is 5. The van der Waals surface area contributed by atoms with Gasteiger partial charge in [0, 0.05) is 17.3 Å². The van der Waals surface area contributed by atoms with Crippen molar-refractivity contribution in [3.8, 4) is 23.3 Å². The first-order chi connectivity index (χ1) is 15.0. The minimum absolute atomic E-state index is 0.0487. The van der Waals surface area contributed by atoms with E-state index in [0.717, 1.165) is 0 Å². The first-order valence-corrected chi connectivity index (χ1v) is 9.54. The number of nitrogens with zero attached hydrogens (tertiary/aromatic N) is 2. The summed E-state index contributed by atoms with van der Waals surface area (Å²) in [4.78, 5) is 13.7. The fourth-order valence-corrected chi connectivity index (χ4v) is 3.82. The maximum atomic E-state index is 13.7. The molecule has 1 unspecified atom stereocenters. The molecule has 1 aromatic carbocycles. The van der Waals surface area contributed by atoms with Gasteiger partial charge in [-0.3, -0.25) is 4.79 Å². The summed E-state index contributed by atoms with van der Waals surface area (Å²) in [5.74, 6) is 1.17. The largest absolute Gasteiger partial charge is 0.497 e. The average Bonchev–Trinajstić information content (AvgIpc) is 3.28. The van der Waals surface area contributed by atoms with Gasteiger partial charge in [0.15, 0.2) is 0 Å². The van der Waals surface area contributed by atoms with Crippen LogP contribution in [0.3, 0.4) is 0 Å². The molecule has 8 nitrogen and oxygen atoms in total. The molecule has 0 saturated heterocycles. The Kier molecular flexibility index (Phi) is 5.17. The summed E-state index contributed by atoms with van der Waals surface area (Å²) in [6, 6.07) is 12.6. The van der Waals surface area contributed by atoms with E-state index < -0.39 is 5.92 Å². The van der Waals surface area contributed by atoms with Gasteiger partial charge in [-0.1, -0.05) is 0 Å². The lowest BCUT2D eigenvalue weighted by molar-refractivity contribution is 0.379.